The Morgan fingerprint density at radius 1 is 1.27 bits per heavy atom. The predicted molar refractivity (Wildman–Crippen MR) is 119 cm³/mol. The number of Topliss-reactive ketones (excluding diaryl/α,β-unsaturated/α-hetero) is 1. The molecule has 0 fully saturated rings. The number of primary amides is 1. The third-order valence-electron chi connectivity index (χ3n) is 5.31. The Bertz CT molecular complexity index is 834. The second-order valence-corrected chi connectivity index (χ2v) is 9.16. The van der Waals surface area contributed by atoms with Crippen LogP contribution >= 0.6 is 0 Å². The lowest BCUT2D eigenvalue weighted by Crippen LogP contribution is -2.31. The van der Waals surface area contributed by atoms with E-state index in [0.717, 1.165) is 36.6 Å². The Balaban J connectivity index is 1.60. The first-order valence-corrected chi connectivity index (χ1v) is 10.7. The van der Waals surface area contributed by atoms with Crippen molar-refractivity contribution in [1.29, 1.82) is 0 Å². The zero-order chi connectivity index (χ0) is 21.7. The minimum Gasteiger partial charge on any atom is -0.494 e. The molecule has 0 radical (unpaired) electrons. The molecule has 0 saturated heterocycles. The van der Waals surface area contributed by atoms with Crippen LogP contribution in [0.1, 0.15) is 40.0 Å². The van der Waals surface area contributed by atoms with Gasteiger partial charge in [0.05, 0.1) is 12.5 Å². The minimum atomic E-state index is -0.563. The van der Waals surface area contributed by atoms with Crippen LogP contribution in [0.5, 0.6) is 5.75 Å². The first kappa shape index (κ1) is 22.1. The highest BCUT2D eigenvalue weighted by molar-refractivity contribution is 6.04. The molecule has 1 atom stereocenters. The fourth-order valence-electron chi connectivity index (χ4n) is 3.81. The molecule has 2 aliphatic rings. The van der Waals surface area contributed by atoms with E-state index in [1.54, 1.807) is 0 Å². The zero-order valence-electron chi connectivity index (χ0n) is 18.2. The van der Waals surface area contributed by atoms with Crippen molar-refractivity contribution in [3.63, 3.8) is 0 Å². The molecule has 30 heavy (non-hydrogen) atoms. The first-order chi connectivity index (χ1) is 14.3. The highest BCUT2D eigenvalue weighted by atomic mass is 16.5. The largest absolute Gasteiger partial charge is 0.494 e. The van der Waals surface area contributed by atoms with Crippen LogP contribution in [-0.2, 0) is 9.59 Å². The van der Waals surface area contributed by atoms with Gasteiger partial charge in [0.15, 0.2) is 5.78 Å². The lowest BCUT2D eigenvalue weighted by Gasteiger charge is -2.21. The highest BCUT2D eigenvalue weighted by Crippen LogP contribution is 2.36. The summed E-state index contributed by atoms with van der Waals surface area (Å²) in [5.41, 5.74) is 8.15. The van der Waals surface area contributed by atoms with E-state index in [-0.39, 0.29) is 11.2 Å². The molecule has 0 spiro atoms. The van der Waals surface area contributed by atoms with Crippen LogP contribution in [-0.4, -0.2) is 37.9 Å². The van der Waals surface area contributed by atoms with Gasteiger partial charge in [0, 0.05) is 29.9 Å². The molecule has 1 unspecified atom stereocenters. The highest BCUT2D eigenvalue weighted by Gasteiger charge is 2.38. The zero-order valence-corrected chi connectivity index (χ0v) is 18.2. The number of benzene rings is 1. The normalized spacial score (nSPS) is 19.1. The number of rotatable bonds is 8. The molecule has 6 heteroatoms. The molecule has 1 heterocycles. The van der Waals surface area contributed by atoms with Gasteiger partial charge in [-0.2, -0.15) is 0 Å². The summed E-state index contributed by atoms with van der Waals surface area (Å²) in [5, 5.41) is 3.44. The van der Waals surface area contributed by atoms with E-state index in [1.165, 1.54) is 0 Å². The third kappa shape index (κ3) is 5.51. The van der Waals surface area contributed by atoms with Gasteiger partial charge in [-0.25, -0.2) is 0 Å². The summed E-state index contributed by atoms with van der Waals surface area (Å²) in [7, 11) is 0. The molecule has 3 rings (SSSR count). The maximum Gasteiger partial charge on any atom is 0.226 e. The summed E-state index contributed by atoms with van der Waals surface area (Å²) in [6.07, 6.45) is 5.97. The number of carbonyl (C=O) groups is 2. The second-order valence-electron chi connectivity index (χ2n) is 9.16. The quantitative estimate of drug-likeness (QED) is 0.642. The molecule has 1 aliphatic carbocycles. The number of amides is 1. The van der Waals surface area contributed by atoms with E-state index < -0.39 is 11.8 Å². The predicted octanol–water partition coefficient (Wildman–Crippen LogP) is 3.19. The summed E-state index contributed by atoms with van der Waals surface area (Å²) in [4.78, 5) is 26.5. The Morgan fingerprint density at radius 3 is 2.67 bits per heavy atom. The molecular formula is C24H33N3O3. The number of anilines is 1. The standard InChI is InChI=1S/C24H33N3O3/c1-24(2,3)16-26-13-6-14-30-18-11-9-17(10-12-18)27-15-19(23(25)29)22-20(27)7-4-5-8-21(22)28/h4,7,9-12,19,26H,5-6,8,13-16H2,1-3H3,(H2,25,29). The van der Waals surface area contributed by atoms with E-state index in [4.69, 9.17) is 10.5 Å². The molecule has 1 amide bonds. The smallest absolute Gasteiger partial charge is 0.226 e. The van der Waals surface area contributed by atoms with Gasteiger partial charge in [-0.1, -0.05) is 26.8 Å². The van der Waals surface area contributed by atoms with Crippen molar-refractivity contribution < 1.29 is 14.3 Å². The van der Waals surface area contributed by atoms with Gasteiger partial charge in [0.1, 0.15) is 5.75 Å². The van der Waals surface area contributed by atoms with Gasteiger partial charge >= 0.3 is 0 Å². The molecule has 1 aliphatic heterocycles. The number of hydrogen-bond acceptors (Lipinski definition) is 5. The van der Waals surface area contributed by atoms with Crippen molar-refractivity contribution in [2.75, 3.05) is 31.1 Å². The molecule has 3 N–H and O–H groups in total. The van der Waals surface area contributed by atoms with E-state index >= 15 is 0 Å². The number of ether oxygens (including phenoxy) is 1. The van der Waals surface area contributed by atoms with Gasteiger partial charge in [-0.05, 0) is 61.7 Å². The van der Waals surface area contributed by atoms with Crippen molar-refractivity contribution in [2.45, 2.75) is 40.0 Å². The maximum absolute atomic E-state index is 12.5. The van der Waals surface area contributed by atoms with Crippen LogP contribution in [0.4, 0.5) is 5.69 Å². The lowest BCUT2D eigenvalue weighted by atomic mass is 9.95. The lowest BCUT2D eigenvalue weighted by molar-refractivity contribution is -0.123. The van der Waals surface area contributed by atoms with E-state index in [1.807, 2.05) is 41.3 Å². The number of hydrogen-bond donors (Lipinski definition) is 2. The van der Waals surface area contributed by atoms with Gasteiger partial charge in [-0.15, -0.1) is 0 Å². The third-order valence-corrected chi connectivity index (χ3v) is 5.31. The molecule has 1 aromatic carbocycles. The molecular weight excluding hydrogens is 378 g/mol. The van der Waals surface area contributed by atoms with Crippen molar-refractivity contribution in [2.24, 2.45) is 17.1 Å². The number of nitrogens with one attached hydrogen (secondary N) is 1. The summed E-state index contributed by atoms with van der Waals surface area (Å²) < 4.78 is 5.85. The monoisotopic (exact) mass is 411 g/mol. The van der Waals surface area contributed by atoms with Crippen LogP contribution in [0.2, 0.25) is 0 Å². The van der Waals surface area contributed by atoms with Crippen LogP contribution in [0.15, 0.2) is 47.7 Å². The fraction of sp³-hybridized carbons (Fsp3) is 0.500. The van der Waals surface area contributed by atoms with Gasteiger partial charge in [0.2, 0.25) is 5.91 Å². The van der Waals surface area contributed by atoms with Crippen LogP contribution in [0, 0.1) is 11.3 Å². The number of allylic oxidation sites excluding steroid dienone is 2. The van der Waals surface area contributed by atoms with Crippen molar-refractivity contribution >= 4 is 17.4 Å². The Kier molecular flexibility index (Phi) is 6.98. The van der Waals surface area contributed by atoms with E-state index in [0.29, 0.717) is 31.6 Å². The molecule has 6 nitrogen and oxygen atoms in total. The topological polar surface area (TPSA) is 84.7 Å². The average Bonchev–Trinajstić information content (AvgIpc) is 2.97. The Hall–Kier alpha value is -2.60. The van der Waals surface area contributed by atoms with Crippen LogP contribution in [0.3, 0.4) is 0 Å². The molecule has 0 bridgehead atoms. The summed E-state index contributed by atoms with van der Waals surface area (Å²) >= 11 is 0. The first-order valence-electron chi connectivity index (χ1n) is 10.7. The van der Waals surface area contributed by atoms with Crippen molar-refractivity contribution in [3.8, 4) is 5.75 Å². The van der Waals surface area contributed by atoms with Crippen LogP contribution in [0.25, 0.3) is 0 Å². The molecule has 1 aromatic rings. The number of ketones is 1. The maximum atomic E-state index is 12.5. The molecule has 0 saturated carbocycles. The van der Waals surface area contributed by atoms with Crippen molar-refractivity contribution in [1.82, 2.24) is 5.32 Å². The number of nitrogens with zero attached hydrogens (tertiary/aromatic N) is 1. The molecule has 0 aromatic heterocycles. The van der Waals surface area contributed by atoms with Gasteiger partial charge in [-0.3, -0.25) is 9.59 Å². The minimum absolute atomic E-state index is 0.0151. The summed E-state index contributed by atoms with van der Waals surface area (Å²) in [5.74, 6) is -0.191. The fourth-order valence-corrected chi connectivity index (χ4v) is 3.81. The van der Waals surface area contributed by atoms with E-state index in [9.17, 15) is 9.59 Å². The van der Waals surface area contributed by atoms with Gasteiger partial charge < -0.3 is 20.7 Å². The second kappa shape index (κ2) is 9.47. The Labute approximate surface area is 179 Å². The van der Waals surface area contributed by atoms with Gasteiger partial charge in [0.25, 0.3) is 0 Å². The Morgan fingerprint density at radius 2 is 2.00 bits per heavy atom. The summed E-state index contributed by atoms with van der Waals surface area (Å²) in [6.45, 7) is 9.59. The molecule has 162 valence electrons. The van der Waals surface area contributed by atoms with E-state index in [2.05, 4.69) is 26.1 Å². The average molecular weight is 412 g/mol. The SMILES string of the molecule is CC(C)(C)CNCCCOc1ccc(N2CC(C(N)=O)C3=C2C=CCCC3=O)cc1. The van der Waals surface area contributed by atoms with Crippen LogP contribution < -0.4 is 20.7 Å². The van der Waals surface area contributed by atoms with Crippen molar-refractivity contribution in [3.05, 3.63) is 47.7 Å². The number of carbonyl (C=O) groups excluding carboxylic acids is 2. The number of nitrogens with two attached hydrogens (primary N) is 1. The summed E-state index contributed by atoms with van der Waals surface area (Å²) in [6, 6.07) is 7.78.